The lowest BCUT2D eigenvalue weighted by molar-refractivity contribution is -0.117. The summed E-state index contributed by atoms with van der Waals surface area (Å²) in [5, 5.41) is 3.37. The van der Waals surface area contributed by atoms with Gasteiger partial charge >= 0.3 is 0 Å². The minimum atomic E-state index is -0.00872. The highest BCUT2D eigenvalue weighted by Gasteiger charge is 2.44. The molecule has 0 spiro atoms. The van der Waals surface area contributed by atoms with Gasteiger partial charge in [0.25, 0.3) is 0 Å². The molecular formula is C16H15ClN2O2. The molecule has 21 heavy (non-hydrogen) atoms. The van der Waals surface area contributed by atoms with Crippen molar-refractivity contribution in [3.63, 3.8) is 0 Å². The highest BCUT2D eigenvalue weighted by atomic mass is 35.5. The van der Waals surface area contributed by atoms with Crippen LogP contribution in [0, 0.1) is 5.92 Å². The van der Waals surface area contributed by atoms with Gasteiger partial charge in [0.2, 0.25) is 5.91 Å². The smallest absolute Gasteiger partial charge is 0.229 e. The highest BCUT2D eigenvalue weighted by Crippen LogP contribution is 2.48. The Labute approximate surface area is 128 Å². The fourth-order valence-corrected chi connectivity index (χ4v) is 2.56. The number of carbonyl (C=O) groups excluding carboxylic acids is 1. The summed E-state index contributed by atoms with van der Waals surface area (Å²) in [7, 11) is 1.64. The topological polar surface area (TPSA) is 51.2 Å². The summed E-state index contributed by atoms with van der Waals surface area (Å²) in [5.74, 6) is 1.58. The molecule has 2 aromatic rings. The van der Waals surface area contributed by atoms with E-state index in [9.17, 15) is 4.79 Å². The second kappa shape index (κ2) is 5.74. The van der Waals surface area contributed by atoms with Gasteiger partial charge in [-0.2, -0.15) is 0 Å². The predicted molar refractivity (Wildman–Crippen MR) is 81.7 cm³/mol. The molecule has 2 atom stereocenters. The van der Waals surface area contributed by atoms with Crippen LogP contribution in [0.2, 0.25) is 5.02 Å². The van der Waals surface area contributed by atoms with E-state index in [4.69, 9.17) is 16.3 Å². The van der Waals surface area contributed by atoms with E-state index < -0.39 is 0 Å². The fourth-order valence-electron chi connectivity index (χ4n) is 2.40. The average Bonchev–Trinajstić information content (AvgIpc) is 3.28. The summed E-state index contributed by atoms with van der Waals surface area (Å²) in [6.45, 7) is 0. The molecule has 1 amide bonds. The monoisotopic (exact) mass is 302 g/mol. The van der Waals surface area contributed by atoms with E-state index in [1.54, 1.807) is 25.4 Å². The van der Waals surface area contributed by atoms with Crippen LogP contribution >= 0.6 is 11.6 Å². The van der Waals surface area contributed by atoms with E-state index in [0.29, 0.717) is 10.8 Å². The lowest BCUT2D eigenvalue weighted by Crippen LogP contribution is -2.15. The molecular weight excluding hydrogens is 288 g/mol. The normalized spacial score (nSPS) is 19.9. The maximum absolute atomic E-state index is 12.2. The number of rotatable bonds is 4. The van der Waals surface area contributed by atoms with Crippen molar-refractivity contribution in [1.29, 1.82) is 0 Å². The Balaban J connectivity index is 1.62. The van der Waals surface area contributed by atoms with Gasteiger partial charge in [-0.15, -0.1) is 0 Å². The number of anilines is 1. The highest BCUT2D eigenvalue weighted by molar-refractivity contribution is 6.30. The Morgan fingerprint density at radius 2 is 2.10 bits per heavy atom. The van der Waals surface area contributed by atoms with E-state index in [-0.39, 0.29) is 17.7 Å². The third-order valence-corrected chi connectivity index (χ3v) is 3.88. The van der Waals surface area contributed by atoms with Crippen LogP contribution in [-0.4, -0.2) is 18.0 Å². The molecule has 1 N–H and O–H groups in total. The van der Waals surface area contributed by atoms with Crippen LogP contribution in [0.25, 0.3) is 0 Å². The van der Waals surface area contributed by atoms with Crippen LogP contribution in [0.3, 0.4) is 0 Å². The van der Waals surface area contributed by atoms with Crippen LogP contribution < -0.4 is 10.1 Å². The zero-order valence-electron chi connectivity index (χ0n) is 11.5. The molecule has 1 saturated carbocycles. The van der Waals surface area contributed by atoms with Gasteiger partial charge < -0.3 is 10.1 Å². The number of nitrogens with zero attached hydrogens (tertiary/aromatic N) is 1. The predicted octanol–water partition coefficient (Wildman–Crippen LogP) is 3.49. The van der Waals surface area contributed by atoms with Crippen molar-refractivity contribution in [3.05, 3.63) is 53.2 Å². The molecule has 1 aromatic heterocycles. The first-order chi connectivity index (χ1) is 10.2. The minimum absolute atomic E-state index is 0.000762. The zero-order valence-corrected chi connectivity index (χ0v) is 12.3. The molecule has 0 saturated heterocycles. The Bertz CT molecular complexity index is 658. The van der Waals surface area contributed by atoms with Crippen LogP contribution in [0.15, 0.2) is 42.6 Å². The minimum Gasteiger partial charge on any atom is -0.497 e. The lowest BCUT2D eigenvalue weighted by Gasteiger charge is -2.05. The molecule has 4 nitrogen and oxygen atoms in total. The Morgan fingerprint density at radius 1 is 1.33 bits per heavy atom. The van der Waals surface area contributed by atoms with Crippen LogP contribution in [0.1, 0.15) is 17.9 Å². The molecule has 0 aliphatic heterocycles. The number of carbonyl (C=O) groups is 1. The number of pyridine rings is 1. The van der Waals surface area contributed by atoms with E-state index in [1.807, 2.05) is 24.3 Å². The first kappa shape index (κ1) is 13.9. The number of benzene rings is 1. The third-order valence-electron chi connectivity index (χ3n) is 3.64. The van der Waals surface area contributed by atoms with Crippen LogP contribution in [0.4, 0.5) is 5.82 Å². The van der Waals surface area contributed by atoms with Gasteiger partial charge in [-0.1, -0.05) is 23.7 Å². The molecule has 1 aliphatic rings. The quantitative estimate of drug-likeness (QED) is 0.940. The van der Waals surface area contributed by atoms with Crippen molar-refractivity contribution in [1.82, 2.24) is 4.98 Å². The average molecular weight is 303 g/mol. The molecule has 1 aromatic carbocycles. The fraction of sp³-hybridized carbons (Fsp3) is 0.250. The maximum Gasteiger partial charge on any atom is 0.229 e. The molecule has 1 fully saturated rings. The molecule has 5 heteroatoms. The molecule has 1 aliphatic carbocycles. The van der Waals surface area contributed by atoms with Crippen molar-refractivity contribution in [2.75, 3.05) is 12.4 Å². The number of aromatic nitrogens is 1. The maximum atomic E-state index is 12.2. The SMILES string of the molecule is COc1ccc(C2CC2C(=O)Nc2cc(Cl)ccn2)cc1. The number of halogens is 1. The number of ether oxygens (including phenoxy) is 1. The standard InChI is InChI=1S/C16H15ClN2O2/c1-21-12-4-2-10(3-5-12)13-9-14(13)16(20)19-15-8-11(17)6-7-18-15/h2-8,13-14H,9H2,1H3,(H,18,19,20). The summed E-state index contributed by atoms with van der Waals surface area (Å²) in [4.78, 5) is 16.3. The van der Waals surface area contributed by atoms with Gasteiger partial charge in [-0.3, -0.25) is 4.79 Å². The Kier molecular flexibility index (Phi) is 3.80. The summed E-state index contributed by atoms with van der Waals surface area (Å²) in [6, 6.07) is 11.2. The number of methoxy groups -OCH3 is 1. The second-order valence-electron chi connectivity index (χ2n) is 5.07. The van der Waals surface area contributed by atoms with E-state index in [1.165, 1.54) is 0 Å². The number of hydrogen-bond donors (Lipinski definition) is 1. The van der Waals surface area contributed by atoms with E-state index in [2.05, 4.69) is 10.3 Å². The van der Waals surface area contributed by atoms with Crippen molar-refractivity contribution in [2.24, 2.45) is 5.92 Å². The van der Waals surface area contributed by atoms with Crippen LogP contribution in [-0.2, 0) is 4.79 Å². The first-order valence-electron chi connectivity index (χ1n) is 6.74. The zero-order chi connectivity index (χ0) is 14.8. The van der Waals surface area contributed by atoms with E-state index >= 15 is 0 Å². The van der Waals surface area contributed by atoms with Crippen molar-refractivity contribution in [3.8, 4) is 5.75 Å². The second-order valence-corrected chi connectivity index (χ2v) is 5.51. The summed E-state index contributed by atoms with van der Waals surface area (Å²) >= 11 is 5.87. The van der Waals surface area contributed by atoms with Gasteiger partial charge in [0.15, 0.2) is 0 Å². The molecule has 1 heterocycles. The van der Waals surface area contributed by atoms with Crippen molar-refractivity contribution < 1.29 is 9.53 Å². The summed E-state index contributed by atoms with van der Waals surface area (Å²) < 4.78 is 5.13. The summed E-state index contributed by atoms with van der Waals surface area (Å²) in [5.41, 5.74) is 1.16. The Hall–Kier alpha value is -2.07. The van der Waals surface area contributed by atoms with Crippen molar-refractivity contribution in [2.45, 2.75) is 12.3 Å². The third kappa shape index (κ3) is 3.16. The molecule has 2 unspecified atom stereocenters. The largest absolute Gasteiger partial charge is 0.497 e. The lowest BCUT2D eigenvalue weighted by atomic mass is 10.1. The number of amides is 1. The molecule has 0 radical (unpaired) electrons. The first-order valence-corrected chi connectivity index (χ1v) is 7.11. The number of nitrogens with one attached hydrogen (secondary N) is 1. The van der Waals surface area contributed by atoms with Gasteiger partial charge in [-0.05, 0) is 42.2 Å². The van der Waals surface area contributed by atoms with Gasteiger partial charge in [0, 0.05) is 17.1 Å². The summed E-state index contributed by atoms with van der Waals surface area (Å²) in [6.07, 6.45) is 2.44. The Morgan fingerprint density at radius 3 is 2.76 bits per heavy atom. The van der Waals surface area contributed by atoms with E-state index in [0.717, 1.165) is 17.7 Å². The van der Waals surface area contributed by atoms with Gasteiger partial charge in [0.05, 0.1) is 7.11 Å². The molecule has 108 valence electrons. The molecule has 0 bridgehead atoms. The van der Waals surface area contributed by atoms with Crippen LogP contribution in [0.5, 0.6) is 5.75 Å². The molecule has 3 rings (SSSR count). The number of hydrogen-bond acceptors (Lipinski definition) is 3. The van der Waals surface area contributed by atoms with Gasteiger partial charge in [0.1, 0.15) is 11.6 Å². The van der Waals surface area contributed by atoms with Crippen molar-refractivity contribution >= 4 is 23.3 Å². The van der Waals surface area contributed by atoms with Gasteiger partial charge in [-0.25, -0.2) is 4.98 Å².